The minimum Gasteiger partial charge on any atom is -0.399 e. The second-order valence-corrected chi connectivity index (χ2v) is 7.61. The fraction of sp³-hybridized carbons (Fsp3) is 0.571. The zero-order valence-electron chi connectivity index (χ0n) is 11.8. The number of benzene rings is 1. The minimum atomic E-state index is -3.72. The molecule has 21 heavy (non-hydrogen) atoms. The number of hydrogen-bond acceptors (Lipinski definition) is 4. The second kappa shape index (κ2) is 5.55. The van der Waals surface area contributed by atoms with Crippen LogP contribution in [-0.4, -0.2) is 38.5 Å². The van der Waals surface area contributed by atoms with Crippen molar-refractivity contribution in [2.45, 2.75) is 42.7 Å². The van der Waals surface area contributed by atoms with Gasteiger partial charge in [0.15, 0.2) is 0 Å². The molecule has 7 heteroatoms. The van der Waals surface area contributed by atoms with E-state index in [1.165, 1.54) is 12.5 Å². The van der Waals surface area contributed by atoms with Crippen LogP contribution in [0.4, 0.5) is 10.1 Å². The lowest BCUT2D eigenvalue weighted by Gasteiger charge is -2.34. The number of halogens is 1. The fourth-order valence-electron chi connectivity index (χ4n) is 3.36. The Balaban J connectivity index is 1.74. The van der Waals surface area contributed by atoms with E-state index < -0.39 is 15.8 Å². The first kappa shape index (κ1) is 14.7. The van der Waals surface area contributed by atoms with Crippen molar-refractivity contribution in [2.24, 2.45) is 0 Å². The number of sulfonamides is 1. The molecule has 2 heterocycles. The topological polar surface area (TPSA) is 75.4 Å². The molecule has 2 fully saturated rings. The van der Waals surface area contributed by atoms with Crippen molar-refractivity contribution in [1.29, 1.82) is 0 Å². The van der Waals surface area contributed by atoms with Crippen molar-refractivity contribution in [3.05, 3.63) is 24.0 Å². The Morgan fingerprint density at radius 3 is 2.81 bits per heavy atom. The van der Waals surface area contributed by atoms with Crippen LogP contribution in [0.1, 0.15) is 25.7 Å². The molecule has 1 aromatic rings. The Bertz CT molecular complexity index is 615. The summed E-state index contributed by atoms with van der Waals surface area (Å²) in [7, 11) is -3.72. The number of fused-ring (bicyclic) bond motifs is 1. The van der Waals surface area contributed by atoms with Gasteiger partial charge in [0.2, 0.25) is 10.0 Å². The molecule has 116 valence electrons. The first-order chi connectivity index (χ1) is 9.94. The van der Waals surface area contributed by atoms with Gasteiger partial charge in [0.05, 0.1) is 4.90 Å². The number of hydrogen-bond donors (Lipinski definition) is 2. The summed E-state index contributed by atoms with van der Waals surface area (Å²) in [5, 5.41) is 0. The molecule has 3 N–H and O–H groups in total. The van der Waals surface area contributed by atoms with Gasteiger partial charge in [-0.1, -0.05) is 0 Å². The molecule has 0 saturated carbocycles. The number of rotatable bonds is 3. The third-order valence-electron chi connectivity index (χ3n) is 4.35. The summed E-state index contributed by atoms with van der Waals surface area (Å²) >= 11 is 0. The highest BCUT2D eigenvalue weighted by Gasteiger charge is 2.33. The summed E-state index contributed by atoms with van der Waals surface area (Å²) in [4.78, 5) is 2.32. The molecule has 1 aromatic carbocycles. The number of nitrogen functional groups attached to an aromatic ring is 1. The number of nitrogens with two attached hydrogens (primary N) is 1. The van der Waals surface area contributed by atoms with Crippen LogP contribution < -0.4 is 10.5 Å². The van der Waals surface area contributed by atoms with Crippen LogP contribution in [0.25, 0.3) is 0 Å². The molecule has 2 aliphatic heterocycles. The summed E-state index contributed by atoms with van der Waals surface area (Å²) in [6.07, 6.45) is 3.93. The lowest BCUT2D eigenvalue weighted by atomic mass is 9.99. The van der Waals surface area contributed by atoms with E-state index in [0.717, 1.165) is 44.5 Å². The largest absolute Gasteiger partial charge is 0.399 e. The summed E-state index contributed by atoms with van der Waals surface area (Å²) in [6.45, 7) is 2.04. The molecule has 0 aromatic heterocycles. The van der Waals surface area contributed by atoms with Gasteiger partial charge in [0, 0.05) is 17.8 Å². The first-order valence-electron chi connectivity index (χ1n) is 7.26. The summed E-state index contributed by atoms with van der Waals surface area (Å²) < 4.78 is 40.7. The van der Waals surface area contributed by atoms with Crippen molar-refractivity contribution in [3.63, 3.8) is 0 Å². The van der Waals surface area contributed by atoms with Gasteiger partial charge in [-0.2, -0.15) is 0 Å². The van der Waals surface area contributed by atoms with Crippen molar-refractivity contribution in [2.75, 3.05) is 18.8 Å². The van der Waals surface area contributed by atoms with Gasteiger partial charge in [-0.15, -0.1) is 0 Å². The molecule has 0 aliphatic carbocycles. The minimum absolute atomic E-state index is 0.0844. The van der Waals surface area contributed by atoms with E-state index in [1.54, 1.807) is 0 Å². The van der Waals surface area contributed by atoms with Crippen molar-refractivity contribution in [3.8, 4) is 0 Å². The predicted octanol–water partition coefficient (Wildman–Crippen LogP) is 1.31. The Morgan fingerprint density at radius 2 is 2.05 bits per heavy atom. The highest BCUT2D eigenvalue weighted by molar-refractivity contribution is 7.89. The third-order valence-corrected chi connectivity index (χ3v) is 5.85. The van der Waals surface area contributed by atoms with E-state index in [1.807, 2.05) is 0 Å². The van der Waals surface area contributed by atoms with E-state index in [4.69, 9.17) is 5.73 Å². The molecular weight excluding hydrogens is 293 g/mol. The van der Waals surface area contributed by atoms with Crippen LogP contribution in [0.2, 0.25) is 0 Å². The van der Waals surface area contributed by atoms with Crippen LogP contribution >= 0.6 is 0 Å². The van der Waals surface area contributed by atoms with Crippen molar-refractivity contribution < 1.29 is 12.8 Å². The van der Waals surface area contributed by atoms with Gasteiger partial charge in [-0.3, -0.25) is 0 Å². The molecule has 2 aliphatic rings. The average Bonchev–Trinajstić information content (AvgIpc) is 2.84. The van der Waals surface area contributed by atoms with Gasteiger partial charge < -0.3 is 10.6 Å². The van der Waals surface area contributed by atoms with Gasteiger partial charge >= 0.3 is 0 Å². The van der Waals surface area contributed by atoms with E-state index >= 15 is 0 Å². The van der Waals surface area contributed by atoms with Gasteiger partial charge in [0.1, 0.15) is 5.82 Å². The third kappa shape index (κ3) is 3.20. The number of piperidine rings is 1. The van der Waals surface area contributed by atoms with Crippen molar-refractivity contribution >= 4 is 15.7 Å². The van der Waals surface area contributed by atoms with Gasteiger partial charge in [-0.05, 0) is 57.0 Å². The molecule has 2 unspecified atom stereocenters. The van der Waals surface area contributed by atoms with Gasteiger partial charge in [0.25, 0.3) is 0 Å². The lowest BCUT2D eigenvalue weighted by Crippen LogP contribution is -2.47. The molecule has 2 atom stereocenters. The van der Waals surface area contributed by atoms with E-state index in [2.05, 4.69) is 9.62 Å². The summed E-state index contributed by atoms with van der Waals surface area (Å²) in [6, 6.07) is 3.79. The Morgan fingerprint density at radius 1 is 1.24 bits per heavy atom. The van der Waals surface area contributed by atoms with Crippen LogP contribution in [0.15, 0.2) is 23.1 Å². The summed E-state index contributed by atoms with van der Waals surface area (Å²) in [5.41, 5.74) is 5.63. The molecule has 0 radical (unpaired) electrons. The highest BCUT2D eigenvalue weighted by atomic mass is 32.2. The molecule has 0 amide bonds. The average molecular weight is 313 g/mol. The molecule has 3 rings (SSSR count). The highest BCUT2D eigenvalue weighted by Crippen LogP contribution is 2.27. The maximum atomic E-state index is 13.3. The predicted molar refractivity (Wildman–Crippen MR) is 78.8 cm³/mol. The lowest BCUT2D eigenvalue weighted by molar-refractivity contribution is 0.176. The fourth-order valence-corrected chi connectivity index (χ4v) is 4.71. The van der Waals surface area contributed by atoms with Gasteiger partial charge in [-0.25, -0.2) is 17.5 Å². The van der Waals surface area contributed by atoms with Crippen molar-refractivity contribution in [1.82, 2.24) is 9.62 Å². The maximum Gasteiger partial charge on any atom is 0.240 e. The van der Waals surface area contributed by atoms with Crippen LogP contribution in [0.5, 0.6) is 0 Å². The number of anilines is 1. The molecular formula is C14H20FN3O2S. The van der Waals surface area contributed by atoms with E-state index in [-0.39, 0.29) is 16.6 Å². The first-order valence-corrected chi connectivity index (χ1v) is 8.75. The Kier molecular flexibility index (Phi) is 3.90. The van der Waals surface area contributed by atoms with E-state index in [0.29, 0.717) is 6.04 Å². The Hall–Kier alpha value is -1.18. The number of nitrogens with one attached hydrogen (secondary N) is 1. The van der Waals surface area contributed by atoms with Crippen LogP contribution in [0, 0.1) is 5.82 Å². The van der Waals surface area contributed by atoms with Crippen LogP contribution in [0.3, 0.4) is 0 Å². The molecule has 5 nitrogen and oxygen atoms in total. The maximum absolute atomic E-state index is 13.3. The summed E-state index contributed by atoms with van der Waals surface area (Å²) in [5.74, 6) is -0.638. The normalized spacial score (nSPS) is 26.7. The van der Waals surface area contributed by atoms with Crippen LogP contribution in [-0.2, 0) is 10.0 Å². The quantitative estimate of drug-likeness (QED) is 0.825. The number of nitrogens with zero attached hydrogens (tertiary/aromatic N) is 1. The zero-order valence-corrected chi connectivity index (χ0v) is 12.6. The molecule has 2 saturated heterocycles. The monoisotopic (exact) mass is 313 g/mol. The standard InChI is InChI=1S/C14H20FN3O2S/c15-10-6-11(16)8-14(7-10)21(19,20)17-12-3-5-18-4-1-2-13(18)9-12/h6-8,12-13,17H,1-5,9,16H2. The van der Waals surface area contributed by atoms with E-state index in [9.17, 15) is 12.8 Å². The molecule has 0 bridgehead atoms. The molecule has 0 spiro atoms. The zero-order chi connectivity index (χ0) is 15.0. The second-order valence-electron chi connectivity index (χ2n) is 5.89. The SMILES string of the molecule is Nc1cc(F)cc(S(=O)(=O)NC2CCN3CCCC3C2)c1. The Labute approximate surface area is 124 Å². The smallest absolute Gasteiger partial charge is 0.240 e.